The van der Waals surface area contributed by atoms with Crippen LogP contribution in [0.4, 0.5) is 0 Å². The Bertz CT molecular complexity index is 8790. The van der Waals surface area contributed by atoms with E-state index in [0.29, 0.717) is 34.9 Å². The van der Waals surface area contributed by atoms with Gasteiger partial charge in [-0.2, -0.15) is 0 Å². The van der Waals surface area contributed by atoms with Crippen molar-refractivity contribution in [3.63, 3.8) is 0 Å². The summed E-state index contributed by atoms with van der Waals surface area (Å²) in [4.78, 5) is 31.3. The fraction of sp³-hybridized carbons (Fsp3) is 0. The zero-order chi connectivity index (χ0) is 89.9. The second-order valence-electron chi connectivity index (χ2n) is 34.4. The van der Waals surface area contributed by atoms with Crippen LogP contribution in [0.1, 0.15) is 0 Å². The average Bonchev–Trinajstić information content (AvgIpc) is 1.57. The van der Waals surface area contributed by atoms with Gasteiger partial charge in [-0.3, -0.25) is 0 Å². The Labute approximate surface area is 784 Å². The number of aromatic nitrogens is 8. The quantitative estimate of drug-likeness (QED) is 0.0940. The van der Waals surface area contributed by atoms with Gasteiger partial charge < -0.3 is 18.0 Å². The third-order valence-corrected chi connectivity index (χ3v) is 26.1. The molecule has 6 heterocycles. The molecule has 0 saturated heterocycles. The second-order valence-corrected chi connectivity index (χ2v) is 34.4. The van der Waals surface area contributed by atoms with E-state index in [0.717, 1.165) is 210 Å². The Morgan fingerprint density at radius 1 is 0.132 bits per heavy atom. The molecule has 0 radical (unpaired) electrons. The molecular formula is C126H80N8O2. The van der Waals surface area contributed by atoms with Gasteiger partial charge in [0.25, 0.3) is 0 Å². The average molecular weight is 1740 g/mol. The number of nitrogens with zero attached hydrogens (tertiary/aromatic N) is 8. The van der Waals surface area contributed by atoms with Gasteiger partial charge in [-0.1, -0.05) is 352 Å². The summed E-state index contributed by atoms with van der Waals surface area (Å²) in [6.45, 7) is 0. The van der Waals surface area contributed by atoms with Crippen molar-refractivity contribution in [3.05, 3.63) is 485 Å². The molecule has 0 aliphatic heterocycles. The van der Waals surface area contributed by atoms with Crippen molar-refractivity contribution in [1.29, 1.82) is 0 Å². The first-order valence-corrected chi connectivity index (χ1v) is 45.8. The maximum atomic E-state index is 6.84. The minimum absolute atomic E-state index is 0.581. The summed E-state index contributed by atoms with van der Waals surface area (Å²) in [5.74, 6) is 3.60. The van der Waals surface area contributed by atoms with Crippen LogP contribution in [0.5, 0.6) is 0 Å². The number of benzene rings is 20. The molecule has 0 fully saturated rings. The Morgan fingerprint density at radius 2 is 0.404 bits per heavy atom. The minimum Gasteiger partial charge on any atom is -0.456 e. The van der Waals surface area contributed by atoms with E-state index in [1.165, 1.54) is 10.8 Å². The molecule has 26 rings (SSSR count). The molecule has 636 valence electrons. The van der Waals surface area contributed by atoms with E-state index in [4.69, 9.17) is 38.7 Å². The lowest BCUT2D eigenvalue weighted by Crippen LogP contribution is -2.01. The van der Waals surface area contributed by atoms with Gasteiger partial charge >= 0.3 is 0 Å². The van der Waals surface area contributed by atoms with Gasteiger partial charge in [0.05, 0.1) is 22.1 Å². The lowest BCUT2D eigenvalue weighted by Gasteiger charge is -2.16. The van der Waals surface area contributed by atoms with Gasteiger partial charge in [-0.15, -0.1) is 0 Å². The Kier molecular flexibility index (Phi) is 20.0. The van der Waals surface area contributed by atoms with Crippen LogP contribution in [0, 0.1) is 0 Å². The topological polar surface area (TPSA) is 113 Å². The van der Waals surface area contributed by atoms with E-state index in [1.54, 1.807) is 0 Å². The van der Waals surface area contributed by atoms with Crippen molar-refractivity contribution in [2.24, 2.45) is 0 Å². The molecule has 0 bridgehead atoms. The maximum absolute atomic E-state index is 6.84. The number of fused-ring (bicyclic) bond motifs is 12. The van der Waals surface area contributed by atoms with E-state index in [1.807, 2.05) is 72.8 Å². The van der Waals surface area contributed by atoms with Gasteiger partial charge in [0.2, 0.25) is 0 Å². The third-order valence-electron chi connectivity index (χ3n) is 26.1. The second kappa shape index (κ2) is 34.2. The molecule has 0 unspecified atom stereocenters. The van der Waals surface area contributed by atoms with Gasteiger partial charge in [0.15, 0.2) is 34.9 Å². The molecule has 136 heavy (non-hydrogen) atoms. The molecule has 0 amide bonds. The highest BCUT2D eigenvalue weighted by molar-refractivity contribution is 6.19. The number of para-hydroxylation sites is 4. The maximum Gasteiger partial charge on any atom is 0.164 e. The highest BCUT2D eigenvalue weighted by Gasteiger charge is 2.26. The Morgan fingerprint density at radius 3 is 0.772 bits per heavy atom. The number of furan rings is 2. The van der Waals surface area contributed by atoms with Crippen LogP contribution in [-0.4, -0.2) is 39.0 Å². The monoisotopic (exact) mass is 1740 g/mol. The molecule has 26 aromatic rings. The SMILES string of the molecule is c1ccc(-c2cc(-c3ccccc3)cc(-c3ccc(-c4ccc5c(c4)oc4cc6c7ccccc7n(-c7ccccc7)c6cc45)c(-c4nc(-c5ccccc5)nc(-c5ccccc5)n4)c3)c2)cc1.c1ccc(-c2cc(-c3ccccc3)cc(-c3ccc(-c4ccc5oc6cc7c8ccccc8n(-c8ccccc8)c7cc6c5c4)c(-c4nc(-c5ccccc5)nc(-c5ccccc5)n4)c3)c2)cc1. The summed E-state index contributed by atoms with van der Waals surface area (Å²) in [7, 11) is 0. The Hall–Kier alpha value is -18.4. The summed E-state index contributed by atoms with van der Waals surface area (Å²) < 4.78 is 18.2. The van der Waals surface area contributed by atoms with Gasteiger partial charge in [-0.25, -0.2) is 29.9 Å². The summed E-state index contributed by atoms with van der Waals surface area (Å²) in [6, 6.07) is 171. The molecule has 0 spiro atoms. The normalized spacial score (nSPS) is 11.5. The lowest BCUT2D eigenvalue weighted by atomic mass is 9.90. The predicted octanol–water partition coefficient (Wildman–Crippen LogP) is 33.1. The first-order chi connectivity index (χ1) is 67.4. The number of rotatable bonds is 16. The summed E-state index contributed by atoms with van der Waals surface area (Å²) in [5, 5.41) is 8.89. The van der Waals surface area contributed by atoms with E-state index < -0.39 is 0 Å². The molecule has 0 aliphatic carbocycles. The largest absolute Gasteiger partial charge is 0.456 e. The van der Waals surface area contributed by atoms with Crippen molar-refractivity contribution in [1.82, 2.24) is 39.0 Å². The van der Waals surface area contributed by atoms with Crippen LogP contribution in [0.15, 0.2) is 494 Å². The smallest absolute Gasteiger partial charge is 0.164 e. The molecule has 0 saturated carbocycles. The van der Waals surface area contributed by atoms with E-state index >= 15 is 0 Å². The van der Waals surface area contributed by atoms with E-state index in [2.05, 4.69) is 422 Å². The summed E-state index contributed by atoms with van der Waals surface area (Å²) in [5.41, 5.74) is 33.0. The van der Waals surface area contributed by atoms with Crippen molar-refractivity contribution in [2.75, 3.05) is 0 Å². The van der Waals surface area contributed by atoms with Crippen LogP contribution in [0.2, 0.25) is 0 Å². The fourth-order valence-electron chi connectivity index (χ4n) is 19.5. The Balaban J connectivity index is 0.000000145. The van der Waals surface area contributed by atoms with Gasteiger partial charge in [0.1, 0.15) is 22.3 Å². The van der Waals surface area contributed by atoms with Gasteiger partial charge in [0, 0.05) is 87.8 Å². The van der Waals surface area contributed by atoms with Crippen LogP contribution < -0.4 is 0 Å². The fourth-order valence-corrected chi connectivity index (χ4v) is 19.5. The third kappa shape index (κ3) is 14.9. The van der Waals surface area contributed by atoms with E-state index in [-0.39, 0.29) is 0 Å². The van der Waals surface area contributed by atoms with Gasteiger partial charge in [-0.05, 0) is 222 Å². The molecule has 0 atom stereocenters. The molecule has 10 nitrogen and oxygen atoms in total. The van der Waals surface area contributed by atoms with Crippen molar-refractivity contribution in [3.8, 4) is 169 Å². The van der Waals surface area contributed by atoms with Crippen LogP contribution in [0.25, 0.3) is 256 Å². The zero-order valence-corrected chi connectivity index (χ0v) is 73.6. The molecule has 6 aromatic heterocycles. The molecule has 10 heteroatoms. The molecule has 0 aliphatic rings. The minimum atomic E-state index is 0.581. The van der Waals surface area contributed by atoms with Crippen molar-refractivity contribution in [2.45, 2.75) is 0 Å². The first-order valence-electron chi connectivity index (χ1n) is 45.8. The first kappa shape index (κ1) is 79.8. The summed E-state index contributed by atoms with van der Waals surface area (Å²) in [6.07, 6.45) is 0. The molecule has 20 aromatic carbocycles. The van der Waals surface area contributed by atoms with E-state index in [9.17, 15) is 0 Å². The highest BCUT2D eigenvalue weighted by Crippen LogP contribution is 2.47. The number of hydrogen-bond donors (Lipinski definition) is 0. The van der Waals surface area contributed by atoms with Crippen molar-refractivity contribution >= 4 is 87.5 Å². The standard InChI is InChI=1S/2C63H40N4O/c1-6-18-41(19-7-1)47-34-48(42-20-8-2-9-21-42)36-49(35-47)45-30-32-51(56(37-45)63-65-61(43-22-10-3-11-23-43)64-62(66-63)44-24-12-4-13-25-44)46-31-33-59-54(38-46)55-39-58-53(40-60(55)68-59)52-28-16-17-29-57(52)67(58)50-26-14-5-15-27-50;1-6-18-41(19-7-1)47-34-48(42-20-8-2-9-21-42)36-49(35-47)45-30-32-51(56(37-45)63-65-61(43-22-10-3-11-23-43)64-62(66-63)44-24-12-4-13-25-44)46-31-33-53-55-39-58-54(40-60(55)68-59(53)38-46)52-28-16-17-29-57(52)67(58)50-26-14-5-15-27-50/h2*1-40H. The summed E-state index contributed by atoms with van der Waals surface area (Å²) >= 11 is 0. The van der Waals surface area contributed by atoms with Crippen LogP contribution in [0.3, 0.4) is 0 Å². The van der Waals surface area contributed by atoms with Crippen LogP contribution in [-0.2, 0) is 0 Å². The predicted molar refractivity (Wildman–Crippen MR) is 559 cm³/mol. The van der Waals surface area contributed by atoms with Crippen molar-refractivity contribution < 1.29 is 8.83 Å². The molecular weight excluding hydrogens is 1660 g/mol. The molecule has 0 N–H and O–H groups in total. The zero-order valence-electron chi connectivity index (χ0n) is 73.6. The highest BCUT2D eigenvalue weighted by atomic mass is 16.3. The number of hydrogen-bond acceptors (Lipinski definition) is 8. The van der Waals surface area contributed by atoms with Crippen LogP contribution >= 0.6 is 0 Å². The lowest BCUT2D eigenvalue weighted by molar-refractivity contribution is 0.669.